The molecule has 0 bridgehead atoms. The highest BCUT2D eigenvalue weighted by atomic mass is 32.2. The van der Waals surface area contributed by atoms with Gasteiger partial charge in [-0.05, 0) is 49.7 Å². The fourth-order valence-corrected chi connectivity index (χ4v) is 4.47. The van der Waals surface area contributed by atoms with Gasteiger partial charge < -0.3 is 10.2 Å². The van der Waals surface area contributed by atoms with Gasteiger partial charge in [0.25, 0.3) is 15.9 Å². The first kappa shape index (κ1) is 19.3. The van der Waals surface area contributed by atoms with E-state index < -0.39 is 15.8 Å². The van der Waals surface area contributed by atoms with Crippen molar-refractivity contribution in [2.45, 2.75) is 24.8 Å². The van der Waals surface area contributed by atoms with Crippen molar-refractivity contribution in [3.63, 3.8) is 0 Å². The van der Waals surface area contributed by atoms with Crippen LogP contribution in [-0.2, 0) is 10.0 Å². The maximum Gasteiger partial charge on any atom is 0.262 e. The fraction of sp³-hybridized carbons (Fsp3) is 0.316. The van der Waals surface area contributed by atoms with E-state index in [1.807, 2.05) is 6.92 Å². The fourth-order valence-electron chi connectivity index (χ4n) is 3.16. The predicted octanol–water partition coefficient (Wildman–Crippen LogP) is 2.37. The van der Waals surface area contributed by atoms with Gasteiger partial charge in [0.2, 0.25) is 0 Å². The topological polar surface area (TPSA) is 78.5 Å². The van der Waals surface area contributed by atoms with Gasteiger partial charge in [-0.3, -0.25) is 9.52 Å². The third-order valence-corrected chi connectivity index (χ3v) is 6.01. The molecule has 1 unspecified atom stereocenters. The number of carbonyl (C=O) groups excluding carboxylic acids is 1. The number of nitrogens with one attached hydrogen (secondary N) is 2. The maximum atomic E-state index is 13.3. The van der Waals surface area contributed by atoms with E-state index in [4.69, 9.17) is 0 Å². The second kappa shape index (κ2) is 7.66. The molecule has 2 N–H and O–H groups in total. The van der Waals surface area contributed by atoms with Gasteiger partial charge in [0.05, 0.1) is 16.1 Å². The quantitative estimate of drug-likeness (QED) is 0.839. The van der Waals surface area contributed by atoms with Crippen molar-refractivity contribution in [2.24, 2.45) is 0 Å². The lowest BCUT2D eigenvalue weighted by Gasteiger charge is -2.32. The van der Waals surface area contributed by atoms with E-state index in [0.29, 0.717) is 25.2 Å². The molecule has 0 aliphatic carbocycles. The Morgan fingerprint density at radius 3 is 2.70 bits per heavy atom. The average Bonchev–Trinajstić information content (AvgIpc) is 2.61. The smallest absolute Gasteiger partial charge is 0.262 e. The van der Waals surface area contributed by atoms with Crippen LogP contribution in [0, 0.1) is 12.7 Å². The molecule has 1 atom stereocenters. The SMILES string of the molecule is Cc1cc(F)ccc1S(=O)(=O)Nc1ccccc1C(=O)N1CCNC(C)C1. The lowest BCUT2D eigenvalue weighted by molar-refractivity contribution is 0.0710. The molecule has 1 aliphatic rings. The molecule has 1 heterocycles. The number of para-hydroxylation sites is 1. The normalized spacial score (nSPS) is 17.6. The molecule has 144 valence electrons. The summed E-state index contributed by atoms with van der Waals surface area (Å²) in [6.45, 7) is 5.32. The molecular weight excluding hydrogens is 369 g/mol. The minimum atomic E-state index is -3.96. The van der Waals surface area contributed by atoms with Gasteiger partial charge in [0.15, 0.2) is 0 Å². The Hall–Kier alpha value is -2.45. The van der Waals surface area contributed by atoms with E-state index in [1.54, 1.807) is 29.2 Å². The second-order valence-electron chi connectivity index (χ2n) is 6.67. The molecule has 0 saturated carbocycles. The van der Waals surface area contributed by atoms with Crippen LogP contribution < -0.4 is 10.0 Å². The molecule has 2 aromatic carbocycles. The third-order valence-electron chi connectivity index (χ3n) is 4.48. The molecular formula is C19H22FN3O3S. The van der Waals surface area contributed by atoms with Crippen LogP contribution in [0.15, 0.2) is 47.4 Å². The van der Waals surface area contributed by atoms with Gasteiger partial charge in [-0.2, -0.15) is 0 Å². The number of carbonyl (C=O) groups is 1. The molecule has 0 radical (unpaired) electrons. The Morgan fingerprint density at radius 1 is 1.26 bits per heavy atom. The van der Waals surface area contributed by atoms with Crippen LogP contribution in [0.4, 0.5) is 10.1 Å². The van der Waals surface area contributed by atoms with Crippen molar-refractivity contribution in [3.8, 4) is 0 Å². The zero-order valence-corrected chi connectivity index (χ0v) is 16.0. The van der Waals surface area contributed by atoms with E-state index in [1.165, 1.54) is 13.0 Å². The van der Waals surface area contributed by atoms with Gasteiger partial charge in [0.1, 0.15) is 5.82 Å². The number of sulfonamides is 1. The highest BCUT2D eigenvalue weighted by Gasteiger charge is 2.25. The van der Waals surface area contributed by atoms with E-state index in [-0.39, 0.29) is 28.1 Å². The summed E-state index contributed by atoms with van der Waals surface area (Å²) in [5.41, 5.74) is 0.787. The van der Waals surface area contributed by atoms with Crippen LogP contribution >= 0.6 is 0 Å². The summed E-state index contributed by atoms with van der Waals surface area (Å²) in [7, 11) is -3.96. The zero-order chi connectivity index (χ0) is 19.6. The molecule has 2 aromatic rings. The molecule has 6 nitrogen and oxygen atoms in total. The van der Waals surface area contributed by atoms with Crippen LogP contribution in [0.2, 0.25) is 0 Å². The number of amides is 1. The Morgan fingerprint density at radius 2 is 2.00 bits per heavy atom. The maximum absolute atomic E-state index is 13.3. The largest absolute Gasteiger partial charge is 0.336 e. The lowest BCUT2D eigenvalue weighted by Crippen LogP contribution is -2.51. The number of hydrogen-bond acceptors (Lipinski definition) is 4. The number of piperazine rings is 1. The van der Waals surface area contributed by atoms with Crippen molar-refractivity contribution >= 4 is 21.6 Å². The minimum Gasteiger partial charge on any atom is -0.336 e. The number of anilines is 1. The average molecular weight is 391 g/mol. The standard InChI is InChI=1S/C19H22FN3O3S/c1-13-11-15(20)7-8-18(13)27(25,26)22-17-6-4-3-5-16(17)19(24)23-10-9-21-14(2)12-23/h3-8,11,14,21-22H,9-10,12H2,1-2H3. The summed E-state index contributed by atoms with van der Waals surface area (Å²) in [6.07, 6.45) is 0. The van der Waals surface area contributed by atoms with Gasteiger partial charge in [-0.15, -0.1) is 0 Å². The molecule has 3 rings (SSSR count). The molecule has 1 fully saturated rings. The zero-order valence-electron chi connectivity index (χ0n) is 15.2. The second-order valence-corrected chi connectivity index (χ2v) is 8.32. The molecule has 1 saturated heterocycles. The Balaban J connectivity index is 1.91. The summed E-state index contributed by atoms with van der Waals surface area (Å²) < 4.78 is 41.3. The highest BCUT2D eigenvalue weighted by molar-refractivity contribution is 7.92. The Labute approximate surface area is 158 Å². The first-order valence-electron chi connectivity index (χ1n) is 8.68. The summed E-state index contributed by atoms with van der Waals surface area (Å²) >= 11 is 0. The minimum absolute atomic E-state index is 0.0260. The van der Waals surface area contributed by atoms with Crippen LogP contribution in [0.1, 0.15) is 22.8 Å². The number of aryl methyl sites for hydroxylation is 1. The summed E-state index contributed by atoms with van der Waals surface area (Å²) in [5.74, 6) is -0.729. The number of hydrogen-bond donors (Lipinski definition) is 2. The third kappa shape index (κ3) is 4.28. The van der Waals surface area contributed by atoms with Crippen molar-refractivity contribution in [2.75, 3.05) is 24.4 Å². The molecule has 0 spiro atoms. The predicted molar refractivity (Wildman–Crippen MR) is 102 cm³/mol. The Bertz CT molecular complexity index is 962. The number of benzene rings is 2. The van der Waals surface area contributed by atoms with Crippen molar-refractivity contribution in [1.82, 2.24) is 10.2 Å². The molecule has 8 heteroatoms. The molecule has 27 heavy (non-hydrogen) atoms. The summed E-state index contributed by atoms with van der Waals surface area (Å²) in [4.78, 5) is 14.6. The van der Waals surface area contributed by atoms with Gasteiger partial charge in [0, 0.05) is 25.7 Å². The van der Waals surface area contributed by atoms with Crippen LogP contribution in [0.25, 0.3) is 0 Å². The first-order valence-corrected chi connectivity index (χ1v) is 10.2. The van der Waals surface area contributed by atoms with E-state index >= 15 is 0 Å². The Kier molecular flexibility index (Phi) is 5.48. The van der Waals surface area contributed by atoms with Crippen molar-refractivity contribution < 1.29 is 17.6 Å². The van der Waals surface area contributed by atoms with Crippen LogP contribution in [0.5, 0.6) is 0 Å². The molecule has 1 aliphatic heterocycles. The van der Waals surface area contributed by atoms with E-state index in [9.17, 15) is 17.6 Å². The lowest BCUT2D eigenvalue weighted by atomic mass is 10.1. The van der Waals surface area contributed by atoms with Gasteiger partial charge >= 0.3 is 0 Å². The van der Waals surface area contributed by atoms with Crippen molar-refractivity contribution in [3.05, 3.63) is 59.4 Å². The van der Waals surface area contributed by atoms with Gasteiger partial charge in [-0.25, -0.2) is 12.8 Å². The van der Waals surface area contributed by atoms with Crippen LogP contribution in [-0.4, -0.2) is 44.9 Å². The first-order chi connectivity index (χ1) is 12.8. The number of nitrogens with zero attached hydrogens (tertiary/aromatic N) is 1. The van der Waals surface area contributed by atoms with Gasteiger partial charge in [-0.1, -0.05) is 12.1 Å². The number of halogens is 1. The van der Waals surface area contributed by atoms with Crippen LogP contribution in [0.3, 0.4) is 0 Å². The molecule has 1 amide bonds. The number of rotatable bonds is 4. The monoisotopic (exact) mass is 391 g/mol. The molecule has 0 aromatic heterocycles. The summed E-state index contributed by atoms with van der Waals surface area (Å²) in [5, 5.41) is 3.27. The van der Waals surface area contributed by atoms with E-state index in [0.717, 1.165) is 12.1 Å². The highest BCUT2D eigenvalue weighted by Crippen LogP contribution is 2.24. The summed E-state index contributed by atoms with van der Waals surface area (Å²) in [6, 6.07) is 10.2. The van der Waals surface area contributed by atoms with Crippen molar-refractivity contribution in [1.29, 1.82) is 0 Å². The van der Waals surface area contributed by atoms with E-state index in [2.05, 4.69) is 10.0 Å².